The molecule has 1 aliphatic rings. The zero-order valence-corrected chi connectivity index (χ0v) is 18.2. The Morgan fingerprint density at radius 1 is 1.28 bits per heavy atom. The van der Waals surface area contributed by atoms with Crippen LogP contribution in [-0.2, 0) is 14.8 Å². The lowest BCUT2D eigenvalue weighted by atomic mass is 10.3. The number of ether oxygens (including phenoxy) is 1. The van der Waals surface area contributed by atoms with E-state index in [1.165, 1.54) is 17.4 Å². The van der Waals surface area contributed by atoms with Gasteiger partial charge in [-0.2, -0.15) is 0 Å². The van der Waals surface area contributed by atoms with Crippen LogP contribution < -0.4 is 14.8 Å². The first-order chi connectivity index (χ1) is 13.8. The van der Waals surface area contributed by atoms with Crippen LogP contribution in [0.4, 0.5) is 10.8 Å². The number of fused-ring (bicyclic) bond motifs is 2. The highest BCUT2D eigenvalue weighted by atomic mass is 32.2. The van der Waals surface area contributed by atoms with Gasteiger partial charge < -0.3 is 10.1 Å². The second-order valence-corrected chi connectivity index (χ2v) is 10.7. The first kappa shape index (κ1) is 20.0. The van der Waals surface area contributed by atoms with E-state index >= 15 is 0 Å². The third-order valence-electron chi connectivity index (χ3n) is 4.23. The maximum absolute atomic E-state index is 12.9. The van der Waals surface area contributed by atoms with Crippen molar-refractivity contribution < 1.29 is 17.9 Å². The monoisotopic (exact) mass is 449 g/mol. The number of carbonyl (C=O) groups excluding carboxylic acids is 1. The SMILES string of the molecule is CCOc1ccc2nc(NS(=O)(=O)c3ccc4c(c3)NC(=O)C[C@@H](C)S4)sc2c1. The zero-order valence-electron chi connectivity index (χ0n) is 15.8. The second-order valence-electron chi connectivity index (χ2n) is 6.53. The lowest BCUT2D eigenvalue weighted by Crippen LogP contribution is -2.15. The van der Waals surface area contributed by atoms with Gasteiger partial charge in [0.15, 0.2) is 5.13 Å². The van der Waals surface area contributed by atoms with E-state index in [9.17, 15) is 13.2 Å². The van der Waals surface area contributed by atoms with Crippen LogP contribution in [0.2, 0.25) is 0 Å². The summed E-state index contributed by atoms with van der Waals surface area (Å²) >= 11 is 2.78. The predicted octanol–water partition coefficient (Wildman–Crippen LogP) is 4.32. The maximum atomic E-state index is 12.9. The van der Waals surface area contributed by atoms with Crippen LogP contribution in [0.3, 0.4) is 0 Å². The molecule has 1 atom stereocenters. The highest BCUT2D eigenvalue weighted by molar-refractivity contribution is 8.00. The molecule has 2 heterocycles. The summed E-state index contributed by atoms with van der Waals surface area (Å²) in [6.07, 6.45) is 0.384. The zero-order chi connectivity index (χ0) is 20.6. The summed E-state index contributed by atoms with van der Waals surface area (Å²) in [4.78, 5) is 17.2. The molecule has 7 nitrogen and oxygen atoms in total. The largest absolute Gasteiger partial charge is 0.494 e. The van der Waals surface area contributed by atoms with Gasteiger partial charge in [0.2, 0.25) is 5.91 Å². The fraction of sp³-hybridized carbons (Fsp3) is 0.263. The Balaban J connectivity index is 1.62. The molecule has 0 bridgehead atoms. The molecule has 4 rings (SSSR count). The van der Waals surface area contributed by atoms with Crippen molar-refractivity contribution >= 4 is 60.1 Å². The molecule has 0 radical (unpaired) electrons. The fourth-order valence-electron chi connectivity index (χ4n) is 2.98. The molecule has 29 heavy (non-hydrogen) atoms. The average Bonchev–Trinajstić information content (AvgIpc) is 2.96. The minimum atomic E-state index is -3.85. The van der Waals surface area contributed by atoms with Gasteiger partial charge in [0.1, 0.15) is 5.75 Å². The minimum Gasteiger partial charge on any atom is -0.494 e. The van der Waals surface area contributed by atoms with Gasteiger partial charge in [0.25, 0.3) is 10.0 Å². The molecule has 10 heteroatoms. The molecule has 1 amide bonds. The van der Waals surface area contributed by atoms with Crippen LogP contribution in [0.5, 0.6) is 5.75 Å². The quantitative estimate of drug-likeness (QED) is 0.602. The molecular weight excluding hydrogens is 430 g/mol. The molecule has 0 saturated carbocycles. The van der Waals surface area contributed by atoms with E-state index < -0.39 is 10.0 Å². The standard InChI is InChI=1S/C19H19N3O4S3/c1-3-26-12-4-6-14-17(9-12)28-19(21-14)22-29(24,25)13-5-7-16-15(10-13)20-18(23)8-11(2)27-16/h4-7,9-11H,3,8H2,1-2H3,(H,20,23)(H,21,22)/t11-/m1/s1. The van der Waals surface area contributed by atoms with Gasteiger partial charge in [0.05, 0.1) is 27.4 Å². The van der Waals surface area contributed by atoms with Crippen molar-refractivity contribution in [2.45, 2.75) is 35.3 Å². The number of thioether (sulfide) groups is 1. The molecule has 0 spiro atoms. The molecule has 0 unspecified atom stereocenters. The van der Waals surface area contributed by atoms with Gasteiger partial charge in [-0.25, -0.2) is 13.4 Å². The van der Waals surface area contributed by atoms with Crippen LogP contribution in [0.25, 0.3) is 10.2 Å². The number of aromatic nitrogens is 1. The number of nitrogens with one attached hydrogen (secondary N) is 2. The van der Waals surface area contributed by atoms with E-state index in [1.807, 2.05) is 19.9 Å². The fourth-order valence-corrected chi connectivity index (χ4v) is 6.18. The van der Waals surface area contributed by atoms with Crippen molar-refractivity contribution in [2.24, 2.45) is 0 Å². The van der Waals surface area contributed by atoms with Crippen molar-refractivity contribution in [1.82, 2.24) is 4.98 Å². The molecule has 152 valence electrons. The first-order valence-corrected chi connectivity index (χ1v) is 12.2. The highest BCUT2D eigenvalue weighted by Gasteiger charge is 2.23. The summed E-state index contributed by atoms with van der Waals surface area (Å²) in [7, 11) is -3.85. The number of thiazole rings is 1. The molecule has 0 aliphatic carbocycles. The number of anilines is 2. The van der Waals surface area contributed by atoms with Crippen LogP contribution >= 0.6 is 23.1 Å². The molecule has 1 aromatic heterocycles. The van der Waals surface area contributed by atoms with Crippen LogP contribution in [-0.4, -0.2) is 31.2 Å². The number of amides is 1. The average molecular weight is 450 g/mol. The molecule has 2 N–H and O–H groups in total. The summed E-state index contributed by atoms with van der Waals surface area (Å²) in [5, 5.41) is 3.19. The van der Waals surface area contributed by atoms with Crippen LogP contribution in [0.1, 0.15) is 20.3 Å². The summed E-state index contributed by atoms with van der Waals surface area (Å²) in [5.41, 5.74) is 1.20. The van der Waals surface area contributed by atoms with Gasteiger partial charge in [-0.1, -0.05) is 18.3 Å². The van der Waals surface area contributed by atoms with E-state index in [4.69, 9.17) is 4.74 Å². The van der Waals surface area contributed by atoms with Crippen molar-refractivity contribution in [1.29, 1.82) is 0 Å². The number of benzene rings is 2. The molecule has 0 fully saturated rings. The van der Waals surface area contributed by atoms with E-state index in [0.717, 1.165) is 9.60 Å². The van der Waals surface area contributed by atoms with Crippen molar-refractivity contribution in [3.05, 3.63) is 36.4 Å². The van der Waals surface area contributed by atoms with Crippen LogP contribution in [0.15, 0.2) is 46.2 Å². The number of carbonyl (C=O) groups is 1. The Kier molecular flexibility index (Phi) is 5.41. The van der Waals surface area contributed by atoms with Gasteiger partial charge >= 0.3 is 0 Å². The lowest BCUT2D eigenvalue weighted by Gasteiger charge is -2.10. The molecule has 2 aromatic carbocycles. The van der Waals surface area contributed by atoms with Gasteiger partial charge in [-0.15, -0.1) is 11.8 Å². The molecule has 1 aliphatic heterocycles. The third kappa shape index (κ3) is 4.34. The number of hydrogen-bond acceptors (Lipinski definition) is 7. The summed E-state index contributed by atoms with van der Waals surface area (Å²) in [6.45, 7) is 4.42. The van der Waals surface area contributed by atoms with Crippen molar-refractivity contribution in [3.8, 4) is 5.75 Å². The lowest BCUT2D eigenvalue weighted by molar-refractivity contribution is -0.116. The summed E-state index contributed by atoms with van der Waals surface area (Å²) in [6, 6.07) is 10.2. The molecule has 3 aromatic rings. The molecule has 0 saturated heterocycles. The summed E-state index contributed by atoms with van der Waals surface area (Å²) in [5.74, 6) is 0.591. The van der Waals surface area contributed by atoms with E-state index in [2.05, 4.69) is 15.0 Å². The van der Waals surface area contributed by atoms with Crippen molar-refractivity contribution in [3.63, 3.8) is 0 Å². The number of sulfonamides is 1. The normalized spacial score (nSPS) is 16.8. The number of nitrogens with zero attached hydrogens (tertiary/aromatic N) is 1. The van der Waals surface area contributed by atoms with Crippen molar-refractivity contribution in [2.75, 3.05) is 16.6 Å². The van der Waals surface area contributed by atoms with Gasteiger partial charge in [-0.3, -0.25) is 9.52 Å². The van der Waals surface area contributed by atoms with E-state index in [-0.39, 0.29) is 21.2 Å². The smallest absolute Gasteiger partial charge is 0.263 e. The predicted molar refractivity (Wildman–Crippen MR) is 117 cm³/mol. The summed E-state index contributed by atoms with van der Waals surface area (Å²) < 4.78 is 34.6. The Hall–Kier alpha value is -2.30. The Labute approximate surface area is 176 Å². The van der Waals surface area contributed by atoms with Crippen LogP contribution in [0, 0.1) is 0 Å². The molecular formula is C19H19N3O4S3. The van der Waals surface area contributed by atoms with E-state index in [0.29, 0.717) is 30.0 Å². The Morgan fingerprint density at radius 3 is 2.90 bits per heavy atom. The van der Waals surface area contributed by atoms with E-state index in [1.54, 1.807) is 36.0 Å². The minimum absolute atomic E-state index is 0.0703. The van der Waals surface area contributed by atoms with Gasteiger partial charge in [0, 0.05) is 16.6 Å². The number of hydrogen-bond donors (Lipinski definition) is 2. The number of rotatable bonds is 5. The Bertz CT molecular complexity index is 1190. The highest BCUT2D eigenvalue weighted by Crippen LogP contribution is 2.37. The first-order valence-electron chi connectivity index (χ1n) is 9.01. The maximum Gasteiger partial charge on any atom is 0.263 e. The topological polar surface area (TPSA) is 97.4 Å². The third-order valence-corrected chi connectivity index (χ3v) is 7.81. The van der Waals surface area contributed by atoms with Gasteiger partial charge in [-0.05, 0) is 43.3 Å². The Morgan fingerprint density at radius 2 is 2.10 bits per heavy atom. The second kappa shape index (κ2) is 7.85.